The fourth-order valence-corrected chi connectivity index (χ4v) is 2.86. The average molecular weight is 241 g/mol. The summed E-state index contributed by atoms with van der Waals surface area (Å²) in [6.07, 6.45) is 5.08. The van der Waals surface area contributed by atoms with Gasteiger partial charge in [0.2, 0.25) is 0 Å². The molecule has 0 fully saturated rings. The number of hydrogen-bond donors (Lipinski definition) is 1. The van der Waals surface area contributed by atoms with Gasteiger partial charge in [-0.15, -0.1) is 0 Å². The van der Waals surface area contributed by atoms with Crippen LogP contribution >= 0.6 is 0 Å². The van der Waals surface area contributed by atoms with Crippen molar-refractivity contribution < 1.29 is 0 Å². The van der Waals surface area contributed by atoms with Gasteiger partial charge in [-0.3, -0.25) is 4.68 Å². The van der Waals surface area contributed by atoms with E-state index >= 15 is 0 Å². The lowest BCUT2D eigenvalue weighted by molar-refractivity contribution is 0.542. The smallest absolute Gasteiger partial charge is 0.0731 e. The van der Waals surface area contributed by atoms with E-state index in [1.807, 2.05) is 24.1 Å². The van der Waals surface area contributed by atoms with E-state index in [0.717, 1.165) is 12.1 Å². The lowest BCUT2D eigenvalue weighted by atomic mass is 10.0. The van der Waals surface area contributed by atoms with Crippen LogP contribution in [-0.4, -0.2) is 9.78 Å². The molecule has 0 saturated carbocycles. The molecule has 3 heteroatoms. The van der Waals surface area contributed by atoms with Crippen LogP contribution in [0.2, 0.25) is 0 Å². The summed E-state index contributed by atoms with van der Waals surface area (Å²) in [5, 5.41) is 7.82. The number of nitrogens with one attached hydrogen (secondary N) is 1. The Bertz CT molecular complexity index is 571. The minimum atomic E-state index is 0.407. The minimum absolute atomic E-state index is 0.407. The number of benzene rings is 1. The predicted molar refractivity (Wildman–Crippen MR) is 73.6 cm³/mol. The van der Waals surface area contributed by atoms with Gasteiger partial charge in [-0.2, -0.15) is 5.10 Å². The van der Waals surface area contributed by atoms with Crippen LogP contribution in [0.5, 0.6) is 0 Å². The third-order valence-electron chi connectivity index (χ3n) is 3.77. The standard InChI is InChI=1S/C15H19N3/c1-10-4-5-12-7-11(2)15(14(12)6-10)17-13-8-16-18(3)9-13/h4-6,8-9,11,15,17H,7H2,1-3H3/t11-,15-/m0/s1. The summed E-state index contributed by atoms with van der Waals surface area (Å²) in [6, 6.07) is 7.20. The van der Waals surface area contributed by atoms with Crippen LogP contribution in [0.4, 0.5) is 5.69 Å². The minimum Gasteiger partial charge on any atom is -0.375 e. The first-order valence-electron chi connectivity index (χ1n) is 6.48. The number of hydrogen-bond acceptors (Lipinski definition) is 2. The van der Waals surface area contributed by atoms with Crippen LogP contribution in [-0.2, 0) is 13.5 Å². The molecule has 0 radical (unpaired) electrons. The van der Waals surface area contributed by atoms with E-state index in [1.54, 1.807) is 0 Å². The molecule has 1 aliphatic carbocycles. The van der Waals surface area contributed by atoms with Gasteiger partial charge >= 0.3 is 0 Å². The molecule has 1 aromatic carbocycles. The molecular formula is C15H19N3. The van der Waals surface area contributed by atoms with Crippen molar-refractivity contribution in [3.8, 4) is 0 Å². The van der Waals surface area contributed by atoms with E-state index in [0.29, 0.717) is 12.0 Å². The highest BCUT2D eigenvalue weighted by molar-refractivity contribution is 5.47. The maximum Gasteiger partial charge on any atom is 0.0731 e. The summed E-state index contributed by atoms with van der Waals surface area (Å²) in [5.74, 6) is 0.627. The Balaban J connectivity index is 1.91. The van der Waals surface area contributed by atoms with Gasteiger partial charge in [-0.05, 0) is 30.4 Å². The molecular weight excluding hydrogens is 222 g/mol. The summed E-state index contributed by atoms with van der Waals surface area (Å²) in [7, 11) is 1.95. The predicted octanol–water partition coefficient (Wildman–Crippen LogP) is 3.07. The van der Waals surface area contributed by atoms with E-state index in [4.69, 9.17) is 0 Å². The van der Waals surface area contributed by atoms with E-state index in [1.165, 1.54) is 16.7 Å². The summed E-state index contributed by atoms with van der Waals surface area (Å²) >= 11 is 0. The molecule has 0 spiro atoms. The molecule has 0 bridgehead atoms. The highest BCUT2D eigenvalue weighted by Crippen LogP contribution is 2.38. The molecule has 0 aliphatic heterocycles. The van der Waals surface area contributed by atoms with Crippen molar-refractivity contribution in [1.82, 2.24) is 9.78 Å². The summed E-state index contributed by atoms with van der Waals surface area (Å²) in [5.41, 5.74) is 5.37. The third-order valence-corrected chi connectivity index (χ3v) is 3.77. The van der Waals surface area contributed by atoms with E-state index in [9.17, 15) is 0 Å². The Morgan fingerprint density at radius 2 is 2.22 bits per heavy atom. The van der Waals surface area contributed by atoms with Crippen molar-refractivity contribution >= 4 is 5.69 Å². The summed E-state index contributed by atoms with van der Waals surface area (Å²) in [6.45, 7) is 4.47. The van der Waals surface area contributed by atoms with Gasteiger partial charge in [0.05, 0.1) is 17.9 Å². The Morgan fingerprint density at radius 1 is 1.39 bits per heavy atom. The first-order valence-corrected chi connectivity index (χ1v) is 6.48. The Morgan fingerprint density at radius 3 is 2.94 bits per heavy atom. The molecule has 2 aromatic rings. The monoisotopic (exact) mass is 241 g/mol. The van der Waals surface area contributed by atoms with Crippen molar-refractivity contribution in [3.63, 3.8) is 0 Å². The second-order valence-electron chi connectivity index (χ2n) is 5.41. The molecule has 3 nitrogen and oxygen atoms in total. The van der Waals surface area contributed by atoms with Gasteiger partial charge in [0, 0.05) is 13.2 Å². The molecule has 1 aliphatic rings. The Hall–Kier alpha value is -1.77. The first-order chi connectivity index (χ1) is 8.63. The van der Waals surface area contributed by atoms with Crippen molar-refractivity contribution in [1.29, 1.82) is 0 Å². The molecule has 94 valence electrons. The van der Waals surface area contributed by atoms with Gasteiger partial charge in [-0.1, -0.05) is 30.7 Å². The quantitative estimate of drug-likeness (QED) is 0.875. The number of rotatable bonds is 2. The van der Waals surface area contributed by atoms with Gasteiger partial charge in [0.1, 0.15) is 0 Å². The number of anilines is 1. The fourth-order valence-electron chi connectivity index (χ4n) is 2.86. The third kappa shape index (κ3) is 1.90. The lowest BCUT2D eigenvalue weighted by Crippen LogP contribution is -2.14. The zero-order chi connectivity index (χ0) is 12.7. The normalized spacial score (nSPS) is 21.9. The van der Waals surface area contributed by atoms with Gasteiger partial charge in [-0.25, -0.2) is 0 Å². The van der Waals surface area contributed by atoms with Crippen LogP contribution < -0.4 is 5.32 Å². The highest BCUT2D eigenvalue weighted by Gasteiger charge is 2.29. The van der Waals surface area contributed by atoms with Crippen LogP contribution in [0, 0.1) is 12.8 Å². The molecule has 0 amide bonds. The molecule has 2 atom stereocenters. The molecule has 1 heterocycles. The van der Waals surface area contributed by atoms with Crippen molar-refractivity contribution in [2.24, 2.45) is 13.0 Å². The topological polar surface area (TPSA) is 29.9 Å². The molecule has 3 rings (SSSR count). The van der Waals surface area contributed by atoms with Crippen LogP contribution in [0.25, 0.3) is 0 Å². The maximum atomic E-state index is 4.21. The largest absolute Gasteiger partial charge is 0.375 e. The van der Waals surface area contributed by atoms with Crippen molar-refractivity contribution in [2.45, 2.75) is 26.3 Å². The zero-order valence-corrected chi connectivity index (χ0v) is 11.1. The zero-order valence-electron chi connectivity index (χ0n) is 11.1. The first kappa shape index (κ1) is 11.3. The van der Waals surface area contributed by atoms with E-state index in [-0.39, 0.29) is 0 Å². The second-order valence-corrected chi connectivity index (χ2v) is 5.41. The van der Waals surface area contributed by atoms with E-state index in [2.05, 4.69) is 42.5 Å². The number of fused-ring (bicyclic) bond motifs is 1. The van der Waals surface area contributed by atoms with Crippen LogP contribution in [0.15, 0.2) is 30.6 Å². The molecule has 0 unspecified atom stereocenters. The average Bonchev–Trinajstić information content (AvgIpc) is 2.86. The number of aryl methyl sites for hydroxylation is 2. The van der Waals surface area contributed by atoms with Crippen LogP contribution in [0.1, 0.15) is 29.7 Å². The fraction of sp³-hybridized carbons (Fsp3) is 0.400. The van der Waals surface area contributed by atoms with Gasteiger partial charge in [0.25, 0.3) is 0 Å². The van der Waals surface area contributed by atoms with Crippen LogP contribution in [0.3, 0.4) is 0 Å². The van der Waals surface area contributed by atoms with Gasteiger partial charge in [0.15, 0.2) is 0 Å². The highest BCUT2D eigenvalue weighted by atomic mass is 15.3. The van der Waals surface area contributed by atoms with Crippen molar-refractivity contribution in [2.75, 3.05) is 5.32 Å². The Kier molecular flexibility index (Phi) is 2.62. The number of aromatic nitrogens is 2. The van der Waals surface area contributed by atoms with Crippen molar-refractivity contribution in [3.05, 3.63) is 47.3 Å². The molecule has 18 heavy (non-hydrogen) atoms. The SMILES string of the molecule is Cc1ccc2c(c1)[C@@H](Nc1cnn(C)c1)[C@@H](C)C2. The number of nitrogens with zero attached hydrogens (tertiary/aromatic N) is 2. The summed E-state index contributed by atoms with van der Waals surface area (Å²) in [4.78, 5) is 0. The lowest BCUT2D eigenvalue weighted by Gasteiger charge is -2.19. The second kappa shape index (κ2) is 4.16. The van der Waals surface area contributed by atoms with E-state index < -0.39 is 0 Å². The van der Waals surface area contributed by atoms with Gasteiger partial charge < -0.3 is 5.32 Å². The molecule has 1 N–H and O–H groups in total. The maximum absolute atomic E-state index is 4.21. The molecule has 1 aromatic heterocycles. The Labute approximate surface area is 108 Å². The summed E-state index contributed by atoms with van der Waals surface area (Å²) < 4.78 is 1.83. The molecule has 0 saturated heterocycles.